The molecule has 0 amide bonds. The van der Waals surface area contributed by atoms with Gasteiger partial charge in [-0.3, -0.25) is 0 Å². The fourth-order valence-electron chi connectivity index (χ4n) is 2.16. The largest absolute Gasteiger partial charge is 0.234 e. The molecule has 0 saturated carbocycles. The Bertz CT molecular complexity index is 223. The molecule has 0 N–H and O–H groups in total. The Morgan fingerprint density at radius 3 is 1.73 bits per heavy atom. The Kier molecular flexibility index (Phi) is 14.3. The van der Waals surface area contributed by atoms with Gasteiger partial charge >= 0.3 is 0 Å². The summed E-state index contributed by atoms with van der Waals surface area (Å²) in [6.45, 7) is 11.5. The molecule has 0 aliphatic rings. The molecule has 0 saturated heterocycles. The fraction of sp³-hybridized carbons (Fsp3) is 1.00. The number of hydrogen-bond acceptors (Lipinski definition) is 4. The molecule has 0 bridgehead atoms. The zero-order valence-electron chi connectivity index (χ0n) is 15.5. The lowest BCUT2D eigenvalue weighted by atomic mass is 9.95. The van der Waals surface area contributed by atoms with Gasteiger partial charge in [0.2, 0.25) is 5.79 Å². The molecule has 0 radical (unpaired) electrons. The van der Waals surface area contributed by atoms with Crippen LogP contribution in [-0.2, 0) is 19.6 Å². The van der Waals surface area contributed by atoms with E-state index in [1.807, 2.05) is 6.92 Å². The standard InChI is InChI=1S/C18H38O4/c1-6-9-10-11-12-13-14-17(4)18(5,21-19-15-7-2)22-20-16-8-3/h17H,6-16H2,1-5H3. The summed E-state index contributed by atoms with van der Waals surface area (Å²) in [5.41, 5.74) is 0. The van der Waals surface area contributed by atoms with Crippen molar-refractivity contribution in [1.82, 2.24) is 0 Å². The van der Waals surface area contributed by atoms with Crippen molar-refractivity contribution in [3.63, 3.8) is 0 Å². The maximum absolute atomic E-state index is 5.53. The van der Waals surface area contributed by atoms with E-state index >= 15 is 0 Å². The summed E-state index contributed by atoms with van der Waals surface area (Å²) in [4.78, 5) is 21.6. The van der Waals surface area contributed by atoms with Gasteiger partial charge in [-0.2, -0.15) is 9.78 Å². The first-order valence-corrected chi connectivity index (χ1v) is 9.21. The lowest BCUT2D eigenvalue weighted by Crippen LogP contribution is -2.40. The third-order valence-corrected chi connectivity index (χ3v) is 3.91. The Hall–Kier alpha value is -0.160. The predicted molar refractivity (Wildman–Crippen MR) is 90.2 cm³/mol. The Morgan fingerprint density at radius 2 is 1.23 bits per heavy atom. The minimum Gasteiger partial charge on any atom is -0.234 e. The van der Waals surface area contributed by atoms with E-state index in [0.29, 0.717) is 13.2 Å². The quantitative estimate of drug-likeness (QED) is 0.156. The van der Waals surface area contributed by atoms with Gasteiger partial charge in [-0.05, 0) is 26.2 Å². The van der Waals surface area contributed by atoms with Crippen LogP contribution in [0.4, 0.5) is 0 Å². The van der Waals surface area contributed by atoms with Crippen LogP contribution in [0.1, 0.15) is 92.4 Å². The van der Waals surface area contributed by atoms with Gasteiger partial charge in [0.05, 0.1) is 13.2 Å². The topological polar surface area (TPSA) is 36.9 Å². The molecule has 0 rings (SSSR count). The van der Waals surface area contributed by atoms with Crippen LogP contribution in [0.25, 0.3) is 0 Å². The highest BCUT2D eigenvalue weighted by Gasteiger charge is 2.36. The van der Waals surface area contributed by atoms with Crippen LogP contribution >= 0.6 is 0 Å². The lowest BCUT2D eigenvalue weighted by Gasteiger charge is -2.32. The molecule has 0 spiro atoms. The molecule has 1 unspecified atom stereocenters. The van der Waals surface area contributed by atoms with Crippen molar-refractivity contribution in [1.29, 1.82) is 0 Å². The fourth-order valence-corrected chi connectivity index (χ4v) is 2.16. The lowest BCUT2D eigenvalue weighted by molar-refractivity contribution is -0.517. The molecule has 22 heavy (non-hydrogen) atoms. The third-order valence-electron chi connectivity index (χ3n) is 3.91. The minimum atomic E-state index is -0.840. The second-order valence-electron chi connectivity index (χ2n) is 6.28. The molecule has 4 heteroatoms. The Labute approximate surface area is 137 Å². The Balaban J connectivity index is 4.13. The van der Waals surface area contributed by atoms with Crippen LogP contribution in [-0.4, -0.2) is 19.0 Å². The van der Waals surface area contributed by atoms with E-state index in [1.54, 1.807) is 0 Å². The van der Waals surface area contributed by atoms with Gasteiger partial charge < -0.3 is 0 Å². The van der Waals surface area contributed by atoms with Gasteiger partial charge in [0, 0.05) is 5.92 Å². The van der Waals surface area contributed by atoms with Crippen molar-refractivity contribution in [2.24, 2.45) is 5.92 Å². The first-order valence-electron chi connectivity index (χ1n) is 9.21. The van der Waals surface area contributed by atoms with Crippen LogP contribution < -0.4 is 0 Å². The maximum atomic E-state index is 5.53. The van der Waals surface area contributed by atoms with Gasteiger partial charge in [0.25, 0.3) is 0 Å². The maximum Gasteiger partial charge on any atom is 0.233 e. The number of rotatable bonds is 16. The zero-order chi connectivity index (χ0) is 16.7. The van der Waals surface area contributed by atoms with E-state index in [4.69, 9.17) is 19.6 Å². The number of hydrogen-bond donors (Lipinski definition) is 0. The van der Waals surface area contributed by atoms with Crippen molar-refractivity contribution in [3.05, 3.63) is 0 Å². The molecule has 1 atom stereocenters. The summed E-state index contributed by atoms with van der Waals surface area (Å²) in [7, 11) is 0. The second kappa shape index (κ2) is 14.4. The van der Waals surface area contributed by atoms with Gasteiger partial charge in [-0.1, -0.05) is 66.2 Å². The van der Waals surface area contributed by atoms with Crippen molar-refractivity contribution in [3.8, 4) is 0 Å². The van der Waals surface area contributed by atoms with E-state index in [-0.39, 0.29) is 5.92 Å². The second-order valence-corrected chi connectivity index (χ2v) is 6.28. The summed E-state index contributed by atoms with van der Waals surface area (Å²) >= 11 is 0. The molecule has 0 aromatic carbocycles. The normalized spacial score (nSPS) is 13.5. The first kappa shape index (κ1) is 21.8. The van der Waals surface area contributed by atoms with E-state index < -0.39 is 5.79 Å². The van der Waals surface area contributed by atoms with Gasteiger partial charge in [-0.25, -0.2) is 9.78 Å². The van der Waals surface area contributed by atoms with E-state index in [9.17, 15) is 0 Å². The van der Waals surface area contributed by atoms with Crippen molar-refractivity contribution in [2.45, 2.75) is 98.2 Å². The summed E-state index contributed by atoms with van der Waals surface area (Å²) in [5, 5.41) is 0. The highest BCUT2D eigenvalue weighted by Crippen LogP contribution is 2.29. The Morgan fingerprint density at radius 1 is 0.727 bits per heavy atom. The molecular formula is C18H38O4. The monoisotopic (exact) mass is 318 g/mol. The molecule has 4 nitrogen and oxygen atoms in total. The third kappa shape index (κ3) is 10.5. The average molecular weight is 318 g/mol. The van der Waals surface area contributed by atoms with Crippen molar-refractivity contribution in [2.75, 3.05) is 13.2 Å². The summed E-state index contributed by atoms with van der Waals surface area (Å²) in [5.74, 6) is -0.624. The van der Waals surface area contributed by atoms with Crippen molar-refractivity contribution < 1.29 is 19.6 Å². The molecule has 134 valence electrons. The van der Waals surface area contributed by atoms with Crippen LogP contribution in [0.15, 0.2) is 0 Å². The molecule has 0 aromatic heterocycles. The van der Waals surface area contributed by atoms with Gasteiger partial charge in [0.15, 0.2) is 0 Å². The van der Waals surface area contributed by atoms with E-state index in [1.165, 1.54) is 38.5 Å². The van der Waals surface area contributed by atoms with Crippen LogP contribution in [0.3, 0.4) is 0 Å². The van der Waals surface area contributed by atoms with E-state index in [2.05, 4.69) is 27.7 Å². The van der Waals surface area contributed by atoms with Crippen LogP contribution in [0, 0.1) is 5.92 Å². The van der Waals surface area contributed by atoms with Crippen LogP contribution in [0.2, 0.25) is 0 Å². The molecule has 0 aromatic rings. The molecule has 0 heterocycles. The first-order chi connectivity index (χ1) is 10.6. The van der Waals surface area contributed by atoms with Gasteiger partial charge in [-0.15, -0.1) is 0 Å². The molecule has 0 fully saturated rings. The van der Waals surface area contributed by atoms with Gasteiger partial charge in [0.1, 0.15) is 0 Å². The summed E-state index contributed by atoms with van der Waals surface area (Å²) in [6, 6.07) is 0. The predicted octanol–water partition coefficient (Wildman–Crippen LogP) is 5.81. The average Bonchev–Trinajstić information content (AvgIpc) is 2.51. The van der Waals surface area contributed by atoms with E-state index in [0.717, 1.165) is 19.3 Å². The zero-order valence-corrected chi connectivity index (χ0v) is 15.5. The van der Waals surface area contributed by atoms with Crippen LogP contribution in [0.5, 0.6) is 0 Å². The smallest absolute Gasteiger partial charge is 0.233 e. The molecular weight excluding hydrogens is 280 g/mol. The van der Waals surface area contributed by atoms with Crippen molar-refractivity contribution >= 4 is 0 Å². The highest BCUT2D eigenvalue weighted by atomic mass is 17.3. The minimum absolute atomic E-state index is 0.215. The summed E-state index contributed by atoms with van der Waals surface area (Å²) < 4.78 is 0. The summed E-state index contributed by atoms with van der Waals surface area (Å²) in [6.07, 6.45) is 10.6. The molecule has 0 aliphatic carbocycles. The molecule has 0 aliphatic heterocycles. The SMILES string of the molecule is CCCCCCCCC(C)C(C)(OOCCC)OOCCC. The highest BCUT2D eigenvalue weighted by molar-refractivity contribution is 4.69. The number of unbranched alkanes of at least 4 members (excludes halogenated alkanes) is 5.